The average molecular weight is 551 g/mol. The summed E-state index contributed by atoms with van der Waals surface area (Å²) in [5.41, 5.74) is 4.81. The molecule has 4 aromatic rings. The molecule has 0 aliphatic carbocycles. The van der Waals surface area contributed by atoms with Gasteiger partial charge in [0.1, 0.15) is 0 Å². The number of carbonyl (C=O) groups is 3. The van der Waals surface area contributed by atoms with Crippen LogP contribution in [0.5, 0.6) is 0 Å². The Labute approximate surface area is 200 Å². The van der Waals surface area contributed by atoms with E-state index in [1.54, 1.807) is 6.08 Å². The van der Waals surface area contributed by atoms with Crippen molar-refractivity contribution in [2.45, 2.75) is 19.3 Å². The SMILES string of the molecule is CN1C(=O)C(=Cc2cc3c([te]2)-n2c4ccccc4c4cccc(c42)C3(C)C)C(=O)N(C)C1=O. The van der Waals surface area contributed by atoms with E-state index in [1.165, 1.54) is 50.7 Å². The summed E-state index contributed by atoms with van der Waals surface area (Å²) in [6.07, 6.45) is 1.72. The fourth-order valence-corrected chi connectivity index (χ4v) is 8.74. The molecular formula is C26H21N3O3Te. The molecule has 6 rings (SSSR count). The van der Waals surface area contributed by atoms with Gasteiger partial charge in [0.25, 0.3) is 0 Å². The molecule has 7 heteroatoms. The van der Waals surface area contributed by atoms with E-state index in [2.05, 4.69) is 66.9 Å². The number of fused-ring (bicyclic) bond motifs is 5. The van der Waals surface area contributed by atoms with E-state index in [-0.39, 0.29) is 11.0 Å². The number of nitrogens with zero attached hydrogens (tertiary/aromatic N) is 3. The predicted molar refractivity (Wildman–Crippen MR) is 129 cm³/mol. The number of aromatic nitrogens is 1. The minimum absolute atomic E-state index is 0.0497. The third kappa shape index (κ3) is 2.58. The quantitative estimate of drug-likeness (QED) is 0.205. The number of imide groups is 2. The molecule has 0 spiro atoms. The second-order valence-corrected chi connectivity index (χ2v) is 12.1. The molecule has 1 fully saturated rings. The second-order valence-electron chi connectivity index (χ2n) is 9.12. The van der Waals surface area contributed by atoms with E-state index >= 15 is 0 Å². The predicted octanol–water partition coefficient (Wildman–Crippen LogP) is 3.91. The summed E-state index contributed by atoms with van der Waals surface area (Å²) in [6, 6.07) is 16.6. The van der Waals surface area contributed by atoms with Crippen LogP contribution in [0.1, 0.15) is 28.6 Å². The van der Waals surface area contributed by atoms with Gasteiger partial charge in [0, 0.05) is 0 Å². The van der Waals surface area contributed by atoms with Crippen molar-refractivity contribution in [3.63, 3.8) is 0 Å². The molecule has 0 radical (unpaired) electrons. The Kier molecular flexibility index (Phi) is 4.15. The van der Waals surface area contributed by atoms with Crippen molar-refractivity contribution in [1.82, 2.24) is 14.4 Å². The number of hydrogen-bond acceptors (Lipinski definition) is 3. The van der Waals surface area contributed by atoms with Crippen LogP contribution in [-0.2, 0) is 15.0 Å². The molecule has 4 amide bonds. The summed E-state index contributed by atoms with van der Waals surface area (Å²) in [5, 5.41) is 2.49. The molecule has 0 bridgehead atoms. The molecule has 4 heterocycles. The van der Waals surface area contributed by atoms with Gasteiger partial charge < -0.3 is 0 Å². The van der Waals surface area contributed by atoms with Gasteiger partial charge >= 0.3 is 201 Å². The Bertz CT molecular complexity index is 1560. The number of para-hydroxylation sites is 2. The van der Waals surface area contributed by atoms with Crippen LogP contribution in [0.25, 0.3) is 31.6 Å². The van der Waals surface area contributed by atoms with E-state index < -0.39 is 38.3 Å². The first-order valence-electron chi connectivity index (χ1n) is 10.7. The van der Waals surface area contributed by atoms with E-state index in [0.717, 1.165) is 13.4 Å². The summed E-state index contributed by atoms with van der Waals surface area (Å²) >= 11 is -0.881. The number of carbonyl (C=O) groups excluding carboxylic acids is 3. The van der Waals surface area contributed by atoms with Crippen molar-refractivity contribution in [1.29, 1.82) is 0 Å². The zero-order valence-corrected chi connectivity index (χ0v) is 21.0. The van der Waals surface area contributed by atoms with Crippen LogP contribution < -0.4 is 0 Å². The number of likely N-dealkylation sites (N-methyl/N-ethyl adjacent to an activating group) is 2. The number of barbiturate groups is 1. The molecule has 1 saturated heterocycles. The molecule has 164 valence electrons. The molecule has 2 aromatic carbocycles. The zero-order chi connectivity index (χ0) is 23.2. The number of urea groups is 1. The number of rotatable bonds is 1. The van der Waals surface area contributed by atoms with Gasteiger partial charge in [-0.3, -0.25) is 0 Å². The van der Waals surface area contributed by atoms with Crippen molar-refractivity contribution in [2.24, 2.45) is 0 Å². The molecule has 0 atom stereocenters. The van der Waals surface area contributed by atoms with Gasteiger partial charge in [-0.1, -0.05) is 0 Å². The normalized spacial score (nSPS) is 17.3. The first kappa shape index (κ1) is 20.5. The van der Waals surface area contributed by atoms with Crippen molar-refractivity contribution in [2.75, 3.05) is 14.1 Å². The number of hydrogen-bond donors (Lipinski definition) is 0. The van der Waals surface area contributed by atoms with Gasteiger partial charge in [-0.15, -0.1) is 0 Å². The standard InChI is InChI=1S/C26H21N3O3Te/c1-26(2)18-10-7-9-16-15-8-5-6-11-20(15)29(21(16)18)24-19(26)13-14(33-24)12-17-22(30)27(3)25(32)28(4)23(17)31/h5-13H,1-4H3. The summed E-state index contributed by atoms with van der Waals surface area (Å²) in [5.74, 6) is -1.09. The van der Waals surface area contributed by atoms with Crippen LogP contribution in [0.15, 0.2) is 54.1 Å². The van der Waals surface area contributed by atoms with Crippen LogP contribution in [0.4, 0.5) is 4.79 Å². The zero-order valence-electron chi connectivity index (χ0n) is 18.7. The van der Waals surface area contributed by atoms with Crippen LogP contribution in [-0.4, -0.2) is 66.7 Å². The van der Waals surface area contributed by atoms with Crippen molar-refractivity contribution < 1.29 is 14.4 Å². The summed E-state index contributed by atoms with van der Waals surface area (Å²) in [7, 11) is 2.82. The Morgan fingerprint density at radius 3 is 2.24 bits per heavy atom. The van der Waals surface area contributed by atoms with Gasteiger partial charge in [-0.2, -0.15) is 0 Å². The van der Waals surface area contributed by atoms with Gasteiger partial charge in [0.15, 0.2) is 0 Å². The number of amides is 4. The summed E-state index contributed by atoms with van der Waals surface area (Å²) < 4.78 is 4.72. The van der Waals surface area contributed by atoms with Crippen molar-refractivity contribution >= 4 is 66.2 Å². The summed E-state index contributed by atoms with van der Waals surface area (Å²) in [6.45, 7) is 4.49. The van der Waals surface area contributed by atoms with Gasteiger partial charge in [-0.05, 0) is 0 Å². The summed E-state index contributed by atoms with van der Waals surface area (Å²) in [4.78, 5) is 39.6. The molecule has 2 aliphatic heterocycles. The minimum atomic E-state index is -0.881. The third-order valence-electron chi connectivity index (χ3n) is 6.91. The van der Waals surface area contributed by atoms with Gasteiger partial charge in [0.05, 0.1) is 0 Å². The molecule has 0 unspecified atom stereocenters. The molecule has 6 nitrogen and oxygen atoms in total. The molecular weight excluding hydrogens is 530 g/mol. The van der Waals surface area contributed by atoms with E-state index in [0.29, 0.717) is 0 Å². The van der Waals surface area contributed by atoms with Crippen LogP contribution in [0.3, 0.4) is 0 Å². The molecule has 33 heavy (non-hydrogen) atoms. The maximum atomic E-state index is 12.7. The Balaban J connectivity index is 1.62. The fourth-order valence-electron chi connectivity index (χ4n) is 5.08. The molecule has 2 aromatic heterocycles. The molecule has 2 aliphatic rings. The third-order valence-corrected chi connectivity index (χ3v) is 9.95. The monoisotopic (exact) mass is 553 g/mol. The van der Waals surface area contributed by atoms with E-state index in [1.807, 2.05) is 0 Å². The Hall–Kier alpha value is -3.14. The maximum absolute atomic E-state index is 12.7. The molecule has 0 N–H and O–H groups in total. The first-order valence-corrected chi connectivity index (χ1v) is 13.0. The Morgan fingerprint density at radius 1 is 0.848 bits per heavy atom. The first-order chi connectivity index (χ1) is 15.7. The van der Waals surface area contributed by atoms with Gasteiger partial charge in [0.2, 0.25) is 0 Å². The van der Waals surface area contributed by atoms with Crippen LogP contribution in [0.2, 0.25) is 0 Å². The Morgan fingerprint density at radius 2 is 1.52 bits per heavy atom. The number of benzene rings is 2. The second kappa shape index (κ2) is 6.69. The van der Waals surface area contributed by atoms with E-state index in [9.17, 15) is 14.4 Å². The average Bonchev–Trinajstić information content (AvgIpc) is 3.38. The fraction of sp³-hybridized carbons (Fsp3) is 0.192. The van der Waals surface area contributed by atoms with Crippen LogP contribution >= 0.6 is 0 Å². The van der Waals surface area contributed by atoms with Gasteiger partial charge in [-0.25, -0.2) is 0 Å². The van der Waals surface area contributed by atoms with Crippen molar-refractivity contribution in [3.8, 4) is 3.70 Å². The van der Waals surface area contributed by atoms with Crippen molar-refractivity contribution in [3.05, 3.63) is 68.8 Å². The van der Waals surface area contributed by atoms with E-state index in [4.69, 9.17) is 0 Å². The molecule has 0 saturated carbocycles. The van der Waals surface area contributed by atoms with Crippen LogP contribution in [0, 0.1) is 0 Å². The topological polar surface area (TPSA) is 62.6 Å².